The Morgan fingerprint density at radius 1 is 0.409 bits per heavy atom. The van der Waals surface area contributed by atoms with E-state index < -0.39 is 11.2 Å². The number of fused-ring (bicyclic) bond motifs is 7. The van der Waals surface area contributed by atoms with E-state index in [-0.39, 0.29) is 0 Å². The largest absolute Gasteiger partial charge is 0.326 e. The zero-order valence-corrected chi connectivity index (χ0v) is 23.4. The van der Waals surface area contributed by atoms with E-state index in [9.17, 15) is 9.59 Å². The Balaban J connectivity index is 1.25. The minimum atomic E-state index is -0.512. The first-order valence-electron chi connectivity index (χ1n) is 14.5. The van der Waals surface area contributed by atoms with Crippen molar-refractivity contribution < 1.29 is 0 Å². The molecule has 0 saturated heterocycles. The Morgan fingerprint density at radius 3 is 1.59 bits per heavy atom. The molecule has 0 spiro atoms. The van der Waals surface area contributed by atoms with Crippen molar-refractivity contribution in [1.82, 2.24) is 19.1 Å². The van der Waals surface area contributed by atoms with Crippen molar-refractivity contribution in [3.05, 3.63) is 154 Å². The summed E-state index contributed by atoms with van der Waals surface area (Å²) in [6, 6.07) is 46.3. The van der Waals surface area contributed by atoms with Crippen LogP contribution in [-0.4, -0.2) is 19.1 Å². The molecule has 0 radical (unpaired) electrons. The van der Waals surface area contributed by atoms with Crippen LogP contribution in [-0.2, 0) is 0 Å². The predicted octanol–water partition coefficient (Wildman–Crippen LogP) is 8.08. The second-order valence-corrected chi connectivity index (χ2v) is 11.1. The molecular formula is C38H24N4O2. The molecule has 0 unspecified atom stereocenters. The van der Waals surface area contributed by atoms with Gasteiger partial charge in [-0.2, -0.15) is 0 Å². The maximum absolute atomic E-state index is 12.6. The van der Waals surface area contributed by atoms with Crippen LogP contribution >= 0.6 is 0 Å². The van der Waals surface area contributed by atoms with Crippen molar-refractivity contribution in [3.63, 3.8) is 0 Å². The standard InChI is InChI=1S/C38H24N4O2/c43-37-31-22-26(16-17-32(31)39-38(44)40-37)42-34-13-7-5-11-28(34)30-21-24(15-19-36(30)42)23-14-18-35-29(20-23)27-10-4-6-12-33(27)41(35)25-8-2-1-3-9-25/h1-22H,(H2,39,40,43,44). The van der Waals surface area contributed by atoms with Crippen molar-refractivity contribution in [3.8, 4) is 22.5 Å². The molecule has 6 heteroatoms. The highest BCUT2D eigenvalue weighted by Crippen LogP contribution is 2.38. The van der Waals surface area contributed by atoms with Crippen LogP contribution in [0.3, 0.4) is 0 Å². The Morgan fingerprint density at radius 2 is 0.955 bits per heavy atom. The number of aromatic amines is 2. The quantitative estimate of drug-likeness (QED) is 0.226. The lowest BCUT2D eigenvalue weighted by molar-refractivity contribution is 1.08. The van der Waals surface area contributed by atoms with E-state index in [1.807, 2.05) is 24.3 Å². The van der Waals surface area contributed by atoms with Crippen molar-refractivity contribution in [2.24, 2.45) is 0 Å². The molecule has 208 valence electrons. The third-order valence-electron chi connectivity index (χ3n) is 8.67. The van der Waals surface area contributed by atoms with E-state index in [0.717, 1.165) is 44.3 Å². The van der Waals surface area contributed by atoms with Crippen LogP contribution in [0.4, 0.5) is 0 Å². The van der Waals surface area contributed by atoms with Crippen LogP contribution in [0.1, 0.15) is 0 Å². The first-order valence-corrected chi connectivity index (χ1v) is 14.5. The molecule has 6 nitrogen and oxygen atoms in total. The molecule has 0 aliphatic heterocycles. The number of rotatable bonds is 3. The van der Waals surface area contributed by atoms with Crippen molar-refractivity contribution >= 4 is 54.5 Å². The summed E-state index contributed by atoms with van der Waals surface area (Å²) >= 11 is 0. The van der Waals surface area contributed by atoms with E-state index >= 15 is 0 Å². The van der Waals surface area contributed by atoms with Gasteiger partial charge in [-0.25, -0.2) is 4.79 Å². The first kappa shape index (κ1) is 24.5. The van der Waals surface area contributed by atoms with Gasteiger partial charge in [0.05, 0.1) is 33.0 Å². The number of H-pyrrole nitrogens is 2. The summed E-state index contributed by atoms with van der Waals surface area (Å²) in [6.45, 7) is 0. The van der Waals surface area contributed by atoms with Crippen LogP contribution in [0.5, 0.6) is 0 Å². The van der Waals surface area contributed by atoms with Gasteiger partial charge in [0.25, 0.3) is 5.56 Å². The molecule has 2 N–H and O–H groups in total. The van der Waals surface area contributed by atoms with Gasteiger partial charge in [0.1, 0.15) is 0 Å². The summed E-state index contributed by atoms with van der Waals surface area (Å²) in [5.41, 5.74) is 8.30. The molecule has 6 aromatic carbocycles. The molecule has 3 heterocycles. The third-order valence-corrected chi connectivity index (χ3v) is 8.67. The number of benzene rings is 6. The van der Waals surface area contributed by atoms with Gasteiger partial charge in [0.15, 0.2) is 0 Å². The van der Waals surface area contributed by atoms with Crippen LogP contribution in [0.15, 0.2) is 143 Å². The van der Waals surface area contributed by atoms with Gasteiger partial charge in [0.2, 0.25) is 0 Å². The number of aromatic nitrogens is 4. The van der Waals surface area contributed by atoms with Gasteiger partial charge >= 0.3 is 5.69 Å². The average Bonchev–Trinajstić information content (AvgIpc) is 3.57. The fourth-order valence-corrected chi connectivity index (χ4v) is 6.73. The normalized spacial score (nSPS) is 11.8. The van der Waals surface area contributed by atoms with E-state index in [1.165, 1.54) is 21.8 Å². The summed E-state index contributed by atoms with van der Waals surface area (Å²) in [7, 11) is 0. The molecule has 9 rings (SSSR count). The Hall–Kier alpha value is -6.14. The van der Waals surface area contributed by atoms with E-state index in [4.69, 9.17) is 0 Å². The number of hydrogen-bond acceptors (Lipinski definition) is 2. The van der Waals surface area contributed by atoms with Crippen LogP contribution in [0, 0.1) is 0 Å². The summed E-state index contributed by atoms with van der Waals surface area (Å²) < 4.78 is 4.50. The fourth-order valence-electron chi connectivity index (χ4n) is 6.73. The highest BCUT2D eigenvalue weighted by molar-refractivity contribution is 6.12. The maximum atomic E-state index is 12.6. The summed E-state index contributed by atoms with van der Waals surface area (Å²) in [5.74, 6) is 0. The molecule has 44 heavy (non-hydrogen) atoms. The van der Waals surface area contributed by atoms with Crippen LogP contribution in [0.2, 0.25) is 0 Å². The Labute approximate surface area is 250 Å². The lowest BCUT2D eigenvalue weighted by atomic mass is 10.0. The van der Waals surface area contributed by atoms with Crippen molar-refractivity contribution in [2.75, 3.05) is 0 Å². The lowest BCUT2D eigenvalue weighted by Gasteiger charge is -2.10. The highest BCUT2D eigenvalue weighted by Gasteiger charge is 2.16. The van der Waals surface area contributed by atoms with Crippen LogP contribution < -0.4 is 11.2 Å². The van der Waals surface area contributed by atoms with E-state index in [2.05, 4.69) is 122 Å². The lowest BCUT2D eigenvalue weighted by Crippen LogP contribution is -2.21. The zero-order valence-electron chi connectivity index (χ0n) is 23.4. The molecule has 0 bridgehead atoms. The topological polar surface area (TPSA) is 75.6 Å². The second-order valence-electron chi connectivity index (χ2n) is 11.1. The van der Waals surface area contributed by atoms with Crippen molar-refractivity contribution in [1.29, 1.82) is 0 Å². The Bertz CT molecular complexity index is 2710. The third kappa shape index (κ3) is 3.55. The Kier molecular flexibility index (Phi) is 5.10. The number of hydrogen-bond donors (Lipinski definition) is 2. The molecule has 0 saturated carbocycles. The minimum Gasteiger partial charge on any atom is -0.309 e. The van der Waals surface area contributed by atoms with E-state index in [0.29, 0.717) is 10.9 Å². The van der Waals surface area contributed by atoms with Crippen LogP contribution in [0.25, 0.3) is 77.0 Å². The monoisotopic (exact) mass is 568 g/mol. The molecule has 0 atom stereocenters. The van der Waals surface area contributed by atoms with Gasteiger partial charge in [-0.15, -0.1) is 0 Å². The highest BCUT2D eigenvalue weighted by atomic mass is 16.2. The molecule has 0 aliphatic carbocycles. The zero-order chi connectivity index (χ0) is 29.4. The second kappa shape index (κ2) is 9.18. The summed E-state index contributed by atoms with van der Waals surface area (Å²) in [4.78, 5) is 29.5. The maximum Gasteiger partial charge on any atom is 0.326 e. The fraction of sp³-hybridized carbons (Fsp3) is 0. The first-order chi connectivity index (χ1) is 21.6. The molecular weight excluding hydrogens is 544 g/mol. The van der Waals surface area contributed by atoms with Gasteiger partial charge < -0.3 is 14.1 Å². The smallest absolute Gasteiger partial charge is 0.309 e. The molecule has 0 amide bonds. The van der Waals surface area contributed by atoms with Crippen molar-refractivity contribution in [2.45, 2.75) is 0 Å². The summed E-state index contributed by atoms with van der Waals surface area (Å²) in [5, 5.41) is 5.12. The van der Waals surface area contributed by atoms with Gasteiger partial charge in [-0.05, 0) is 77.9 Å². The SMILES string of the molecule is O=c1[nH]c(=O)c2cc(-n3c4ccccc4c4cc(-c5ccc6c(c5)c5ccccc5n6-c5ccccc5)ccc43)ccc2[nH]1. The molecule has 3 aromatic heterocycles. The summed E-state index contributed by atoms with van der Waals surface area (Å²) in [6.07, 6.45) is 0. The number of nitrogens with zero attached hydrogens (tertiary/aromatic N) is 2. The van der Waals surface area contributed by atoms with Gasteiger partial charge in [-0.1, -0.05) is 66.7 Å². The average molecular weight is 569 g/mol. The molecule has 0 aliphatic rings. The van der Waals surface area contributed by atoms with Gasteiger partial charge in [0, 0.05) is 32.9 Å². The number of para-hydroxylation sites is 3. The van der Waals surface area contributed by atoms with Gasteiger partial charge in [-0.3, -0.25) is 9.78 Å². The number of nitrogens with one attached hydrogen (secondary N) is 2. The van der Waals surface area contributed by atoms with E-state index in [1.54, 1.807) is 6.07 Å². The predicted molar refractivity (Wildman–Crippen MR) is 179 cm³/mol. The molecule has 9 aromatic rings. The molecule has 0 fully saturated rings. The minimum absolute atomic E-state index is 0.405.